The first-order valence-electron chi connectivity index (χ1n) is 7.74. The molecule has 2 rings (SSSR count). The van der Waals surface area contributed by atoms with Gasteiger partial charge >= 0.3 is 0 Å². The number of ether oxygens (including phenoxy) is 1. The summed E-state index contributed by atoms with van der Waals surface area (Å²) in [6, 6.07) is 4.19. The molecule has 1 amide bonds. The van der Waals surface area contributed by atoms with E-state index < -0.39 is 0 Å². The molecule has 0 unspecified atom stereocenters. The van der Waals surface area contributed by atoms with Crippen LogP contribution in [0, 0.1) is 27.7 Å². The van der Waals surface area contributed by atoms with Crippen LogP contribution in [-0.4, -0.2) is 29.0 Å². The fraction of sp³-hybridized carbons (Fsp3) is 0.389. The molecule has 0 bridgehead atoms. The van der Waals surface area contributed by atoms with Gasteiger partial charge in [-0.25, -0.2) is 9.97 Å². The average molecular weight is 313 g/mol. The van der Waals surface area contributed by atoms with Crippen molar-refractivity contribution in [3.63, 3.8) is 0 Å². The minimum atomic E-state index is -0.148. The number of hydrogen-bond donors (Lipinski definition) is 1. The Labute approximate surface area is 137 Å². The quantitative estimate of drug-likeness (QED) is 0.833. The van der Waals surface area contributed by atoms with E-state index in [-0.39, 0.29) is 5.91 Å². The molecule has 0 saturated carbocycles. The maximum absolute atomic E-state index is 12.0. The van der Waals surface area contributed by atoms with Gasteiger partial charge in [-0.3, -0.25) is 4.79 Å². The average Bonchev–Trinajstić information content (AvgIpc) is 2.51. The predicted molar refractivity (Wildman–Crippen MR) is 89.9 cm³/mol. The van der Waals surface area contributed by atoms with Gasteiger partial charge in [-0.1, -0.05) is 6.07 Å². The van der Waals surface area contributed by atoms with E-state index in [0.717, 1.165) is 17.7 Å². The molecule has 2 aromatic rings. The van der Waals surface area contributed by atoms with Gasteiger partial charge in [-0.2, -0.15) is 0 Å². The normalized spacial score (nSPS) is 10.4. The van der Waals surface area contributed by atoms with Gasteiger partial charge in [-0.15, -0.1) is 0 Å². The van der Waals surface area contributed by atoms with Gasteiger partial charge in [0.15, 0.2) is 0 Å². The van der Waals surface area contributed by atoms with Crippen molar-refractivity contribution in [2.24, 2.45) is 0 Å². The fourth-order valence-electron chi connectivity index (χ4n) is 2.32. The van der Waals surface area contributed by atoms with E-state index in [2.05, 4.69) is 42.1 Å². The first-order valence-corrected chi connectivity index (χ1v) is 7.74. The van der Waals surface area contributed by atoms with Gasteiger partial charge < -0.3 is 10.1 Å². The Bertz CT molecular complexity index is 699. The smallest absolute Gasteiger partial charge is 0.254 e. The van der Waals surface area contributed by atoms with Crippen molar-refractivity contribution in [3.8, 4) is 5.75 Å². The summed E-state index contributed by atoms with van der Waals surface area (Å²) >= 11 is 0. The lowest BCUT2D eigenvalue weighted by atomic mass is 10.1. The third kappa shape index (κ3) is 4.52. The highest BCUT2D eigenvalue weighted by Crippen LogP contribution is 2.23. The molecule has 0 saturated heterocycles. The monoisotopic (exact) mass is 313 g/mol. The van der Waals surface area contributed by atoms with Crippen LogP contribution in [0.25, 0.3) is 0 Å². The first-order chi connectivity index (χ1) is 11.0. The zero-order chi connectivity index (χ0) is 16.8. The molecule has 23 heavy (non-hydrogen) atoms. The number of aromatic nitrogens is 2. The van der Waals surface area contributed by atoms with Gasteiger partial charge in [0.25, 0.3) is 5.91 Å². The Balaban J connectivity index is 1.78. The molecule has 5 nitrogen and oxygen atoms in total. The summed E-state index contributed by atoms with van der Waals surface area (Å²) in [7, 11) is 0. The van der Waals surface area contributed by atoms with E-state index in [0.29, 0.717) is 24.4 Å². The van der Waals surface area contributed by atoms with Gasteiger partial charge in [0.1, 0.15) is 12.1 Å². The second-order valence-electron chi connectivity index (χ2n) is 5.68. The van der Waals surface area contributed by atoms with Gasteiger partial charge in [0.2, 0.25) is 0 Å². The summed E-state index contributed by atoms with van der Waals surface area (Å²) in [5.41, 5.74) is 4.78. The van der Waals surface area contributed by atoms with Crippen LogP contribution in [0.3, 0.4) is 0 Å². The number of aryl methyl sites for hydroxylation is 3. The molecule has 0 atom stereocenters. The van der Waals surface area contributed by atoms with E-state index >= 15 is 0 Å². The van der Waals surface area contributed by atoms with E-state index in [9.17, 15) is 4.79 Å². The molecule has 1 N–H and O–H groups in total. The number of nitrogens with one attached hydrogen (secondary N) is 1. The summed E-state index contributed by atoms with van der Waals surface area (Å²) in [5, 5.41) is 2.86. The molecule has 0 aliphatic carbocycles. The topological polar surface area (TPSA) is 64.1 Å². The minimum Gasteiger partial charge on any atom is -0.493 e. The van der Waals surface area contributed by atoms with Crippen molar-refractivity contribution in [1.29, 1.82) is 0 Å². The van der Waals surface area contributed by atoms with Crippen LogP contribution in [0.15, 0.2) is 24.7 Å². The Hall–Kier alpha value is -2.43. The number of nitrogens with zero attached hydrogens (tertiary/aromatic N) is 2. The van der Waals surface area contributed by atoms with Gasteiger partial charge in [-0.05, 0) is 56.9 Å². The van der Waals surface area contributed by atoms with Crippen molar-refractivity contribution < 1.29 is 9.53 Å². The molecule has 1 aromatic carbocycles. The zero-order valence-electron chi connectivity index (χ0n) is 14.1. The second-order valence-corrected chi connectivity index (χ2v) is 5.68. The number of amides is 1. The predicted octanol–water partition coefficient (Wildman–Crippen LogP) is 2.91. The van der Waals surface area contributed by atoms with Crippen LogP contribution >= 0.6 is 0 Å². The largest absolute Gasteiger partial charge is 0.493 e. The van der Waals surface area contributed by atoms with Crippen molar-refractivity contribution in [2.75, 3.05) is 13.2 Å². The van der Waals surface area contributed by atoms with E-state index in [4.69, 9.17) is 4.74 Å². The van der Waals surface area contributed by atoms with Crippen LogP contribution in [0.4, 0.5) is 0 Å². The van der Waals surface area contributed by atoms with Crippen molar-refractivity contribution in [2.45, 2.75) is 34.1 Å². The van der Waals surface area contributed by atoms with Crippen molar-refractivity contribution >= 4 is 5.91 Å². The highest BCUT2D eigenvalue weighted by atomic mass is 16.5. The zero-order valence-corrected chi connectivity index (χ0v) is 14.1. The lowest BCUT2D eigenvalue weighted by Gasteiger charge is -2.12. The number of carbonyl (C=O) groups is 1. The summed E-state index contributed by atoms with van der Waals surface area (Å²) in [5.74, 6) is 0.770. The highest BCUT2D eigenvalue weighted by Gasteiger charge is 2.09. The van der Waals surface area contributed by atoms with E-state index in [1.165, 1.54) is 23.7 Å². The molecule has 0 aliphatic rings. The molecule has 122 valence electrons. The number of carbonyl (C=O) groups excluding carboxylic acids is 1. The lowest BCUT2D eigenvalue weighted by Crippen LogP contribution is -2.26. The molecule has 0 radical (unpaired) electrons. The standard InChI is InChI=1S/C18H23N3O2/c1-12-8-13(2)14(3)17(9-12)23-7-5-6-20-18(22)16-10-19-11-21-15(16)4/h8-11H,5-7H2,1-4H3,(H,20,22). The molecule has 5 heteroatoms. The molecule has 0 spiro atoms. The first kappa shape index (κ1) is 16.9. The SMILES string of the molecule is Cc1cc(C)c(C)c(OCCCNC(=O)c2cncnc2C)c1. The molecule has 1 heterocycles. The third-order valence-electron chi connectivity index (χ3n) is 3.78. The molecule has 1 aromatic heterocycles. The van der Waals surface area contributed by atoms with Crippen molar-refractivity contribution in [1.82, 2.24) is 15.3 Å². The highest BCUT2D eigenvalue weighted by molar-refractivity contribution is 5.94. The van der Waals surface area contributed by atoms with Crippen LogP contribution in [-0.2, 0) is 0 Å². The maximum atomic E-state index is 12.0. The Morgan fingerprint density at radius 2 is 2.00 bits per heavy atom. The van der Waals surface area contributed by atoms with Gasteiger partial charge in [0.05, 0.1) is 17.9 Å². The van der Waals surface area contributed by atoms with Crippen LogP contribution in [0.1, 0.15) is 39.2 Å². The Morgan fingerprint density at radius 3 is 2.74 bits per heavy atom. The van der Waals surface area contributed by atoms with Crippen LogP contribution in [0.5, 0.6) is 5.75 Å². The second kappa shape index (κ2) is 7.72. The van der Waals surface area contributed by atoms with Crippen LogP contribution in [0.2, 0.25) is 0 Å². The molecule has 0 aliphatic heterocycles. The van der Waals surface area contributed by atoms with Crippen LogP contribution < -0.4 is 10.1 Å². The van der Waals surface area contributed by atoms with Gasteiger partial charge in [0, 0.05) is 12.7 Å². The third-order valence-corrected chi connectivity index (χ3v) is 3.78. The summed E-state index contributed by atoms with van der Waals surface area (Å²) in [6.07, 6.45) is 3.71. The Morgan fingerprint density at radius 1 is 1.22 bits per heavy atom. The van der Waals surface area contributed by atoms with E-state index in [1.807, 2.05) is 6.07 Å². The number of rotatable bonds is 6. The molecule has 0 fully saturated rings. The summed E-state index contributed by atoms with van der Waals surface area (Å²) in [4.78, 5) is 19.9. The lowest BCUT2D eigenvalue weighted by molar-refractivity contribution is 0.0950. The van der Waals surface area contributed by atoms with Crippen molar-refractivity contribution in [3.05, 3.63) is 52.6 Å². The minimum absolute atomic E-state index is 0.148. The fourth-order valence-corrected chi connectivity index (χ4v) is 2.32. The number of hydrogen-bond acceptors (Lipinski definition) is 4. The molecular weight excluding hydrogens is 290 g/mol. The van der Waals surface area contributed by atoms with E-state index in [1.54, 1.807) is 6.92 Å². The Kier molecular flexibility index (Phi) is 5.68. The summed E-state index contributed by atoms with van der Waals surface area (Å²) < 4.78 is 5.83. The number of benzene rings is 1. The molecular formula is C18H23N3O2. The maximum Gasteiger partial charge on any atom is 0.254 e. The summed E-state index contributed by atoms with van der Waals surface area (Å²) in [6.45, 7) is 9.11.